The highest BCUT2D eigenvalue weighted by Crippen LogP contribution is 2.31. The molecule has 7 heteroatoms. The number of aromatic nitrogens is 1. The van der Waals surface area contributed by atoms with Crippen LogP contribution in [0.4, 0.5) is 14.5 Å². The van der Waals surface area contributed by atoms with Gasteiger partial charge in [0, 0.05) is 18.1 Å². The Hall–Kier alpha value is -3.87. The van der Waals surface area contributed by atoms with Gasteiger partial charge in [-0.05, 0) is 47.5 Å². The van der Waals surface area contributed by atoms with Crippen LogP contribution in [0.3, 0.4) is 0 Å². The van der Waals surface area contributed by atoms with E-state index >= 15 is 0 Å². The van der Waals surface area contributed by atoms with E-state index in [1.807, 2.05) is 0 Å². The van der Waals surface area contributed by atoms with E-state index < -0.39 is 23.4 Å². The Morgan fingerprint density at radius 1 is 0.897 bits per heavy atom. The number of nitrogens with one attached hydrogen (secondary N) is 1. The lowest BCUT2D eigenvalue weighted by Crippen LogP contribution is -2.32. The van der Waals surface area contributed by atoms with Gasteiger partial charge in [-0.2, -0.15) is 0 Å². The van der Waals surface area contributed by atoms with Gasteiger partial charge in [-0.25, -0.2) is 8.78 Å². The number of benzene rings is 2. The number of pyridine rings is 1. The fraction of sp³-hybridized carbons (Fsp3) is 0.0455. The monoisotopic (exact) mass is 391 g/mol. The molecule has 0 saturated heterocycles. The summed E-state index contributed by atoms with van der Waals surface area (Å²) in [5.74, 6) is -2.02. The van der Waals surface area contributed by atoms with Crippen LogP contribution in [-0.2, 0) is 16.1 Å². The fourth-order valence-corrected chi connectivity index (χ4v) is 3.10. The number of carbonyl (C=O) groups excluding carboxylic acids is 2. The maximum absolute atomic E-state index is 13.6. The summed E-state index contributed by atoms with van der Waals surface area (Å²) in [6, 6.07) is 14.3. The molecule has 1 aliphatic rings. The Morgan fingerprint density at radius 3 is 2.38 bits per heavy atom. The van der Waals surface area contributed by atoms with Crippen LogP contribution in [0.1, 0.15) is 11.1 Å². The number of imide groups is 1. The standard InChI is InChI=1S/C22H15F2N3O2/c23-16-8-6-15(7-9-16)19-20(26-18-5-1-4-17(24)11-18)22(29)27(21(19)28)13-14-3-2-10-25-12-14/h1-12,26H,13H2. The molecule has 0 atom stereocenters. The highest BCUT2D eigenvalue weighted by molar-refractivity contribution is 6.36. The zero-order valence-corrected chi connectivity index (χ0v) is 15.1. The minimum atomic E-state index is -0.553. The third-order valence-electron chi connectivity index (χ3n) is 4.46. The predicted octanol–water partition coefficient (Wildman–Crippen LogP) is 3.75. The molecular weight excluding hydrogens is 376 g/mol. The van der Waals surface area contributed by atoms with Crippen molar-refractivity contribution in [3.8, 4) is 0 Å². The number of rotatable bonds is 5. The molecule has 1 aliphatic heterocycles. The summed E-state index contributed by atoms with van der Waals surface area (Å²) >= 11 is 0. The number of halogens is 2. The normalized spacial score (nSPS) is 13.9. The van der Waals surface area contributed by atoms with Crippen LogP contribution >= 0.6 is 0 Å². The summed E-state index contributed by atoms with van der Waals surface area (Å²) in [5, 5.41) is 2.86. The Kier molecular flexibility index (Phi) is 4.87. The number of amides is 2. The van der Waals surface area contributed by atoms with Crippen molar-refractivity contribution in [1.82, 2.24) is 9.88 Å². The highest BCUT2D eigenvalue weighted by Gasteiger charge is 2.39. The van der Waals surface area contributed by atoms with Crippen LogP contribution in [0, 0.1) is 11.6 Å². The molecule has 4 rings (SSSR count). The van der Waals surface area contributed by atoms with Gasteiger partial charge < -0.3 is 5.32 Å². The number of hydrogen-bond donors (Lipinski definition) is 1. The summed E-state index contributed by atoms with van der Waals surface area (Å²) in [6.45, 7) is 0.0323. The van der Waals surface area contributed by atoms with Crippen LogP contribution in [-0.4, -0.2) is 21.7 Å². The largest absolute Gasteiger partial charge is 0.350 e. The Bertz CT molecular complexity index is 1110. The maximum atomic E-state index is 13.6. The van der Waals surface area contributed by atoms with Crippen molar-refractivity contribution in [3.05, 3.63) is 102 Å². The Morgan fingerprint density at radius 2 is 1.69 bits per heavy atom. The van der Waals surface area contributed by atoms with Crippen molar-refractivity contribution in [2.45, 2.75) is 6.54 Å². The quantitative estimate of drug-likeness (QED) is 0.673. The van der Waals surface area contributed by atoms with E-state index in [2.05, 4.69) is 10.3 Å². The molecule has 0 saturated carbocycles. The third-order valence-corrected chi connectivity index (χ3v) is 4.46. The first-order valence-corrected chi connectivity index (χ1v) is 8.81. The second-order valence-electron chi connectivity index (χ2n) is 6.45. The van der Waals surface area contributed by atoms with Gasteiger partial charge in [0.25, 0.3) is 11.8 Å². The first-order valence-electron chi connectivity index (χ1n) is 8.81. The molecule has 0 aliphatic carbocycles. The van der Waals surface area contributed by atoms with Gasteiger partial charge >= 0.3 is 0 Å². The van der Waals surface area contributed by atoms with Crippen molar-refractivity contribution >= 4 is 23.1 Å². The lowest BCUT2D eigenvalue weighted by Gasteiger charge is -2.15. The molecule has 3 aromatic rings. The topological polar surface area (TPSA) is 62.3 Å². The van der Waals surface area contributed by atoms with Gasteiger partial charge in [-0.1, -0.05) is 24.3 Å². The number of hydrogen-bond acceptors (Lipinski definition) is 4. The lowest BCUT2D eigenvalue weighted by atomic mass is 10.0. The minimum absolute atomic E-state index is 0.0103. The number of nitrogens with zero attached hydrogens (tertiary/aromatic N) is 2. The van der Waals surface area contributed by atoms with Crippen molar-refractivity contribution < 1.29 is 18.4 Å². The van der Waals surface area contributed by atoms with E-state index in [0.717, 1.165) is 4.90 Å². The van der Waals surface area contributed by atoms with Gasteiger partial charge in [0.05, 0.1) is 12.1 Å². The first kappa shape index (κ1) is 18.5. The zero-order valence-electron chi connectivity index (χ0n) is 15.1. The van der Waals surface area contributed by atoms with Crippen molar-refractivity contribution in [3.63, 3.8) is 0 Å². The molecular formula is C22H15F2N3O2. The summed E-state index contributed by atoms with van der Waals surface area (Å²) in [4.78, 5) is 31.2. The first-order chi connectivity index (χ1) is 14.0. The van der Waals surface area contributed by atoms with E-state index in [1.54, 1.807) is 30.6 Å². The van der Waals surface area contributed by atoms with Crippen LogP contribution in [0.2, 0.25) is 0 Å². The molecule has 0 radical (unpaired) electrons. The second kappa shape index (κ2) is 7.63. The summed E-state index contributed by atoms with van der Waals surface area (Å²) < 4.78 is 26.9. The summed E-state index contributed by atoms with van der Waals surface area (Å²) in [5.41, 5.74) is 1.50. The molecule has 5 nitrogen and oxygen atoms in total. The summed E-state index contributed by atoms with van der Waals surface area (Å²) in [6.07, 6.45) is 3.16. The van der Waals surface area contributed by atoms with Gasteiger partial charge in [-0.15, -0.1) is 0 Å². The fourth-order valence-electron chi connectivity index (χ4n) is 3.10. The molecule has 2 aromatic carbocycles. The van der Waals surface area contributed by atoms with E-state index in [-0.39, 0.29) is 17.8 Å². The molecule has 2 heterocycles. The smallest absolute Gasteiger partial charge is 0.278 e. The Balaban J connectivity index is 1.75. The van der Waals surface area contributed by atoms with Crippen molar-refractivity contribution in [1.29, 1.82) is 0 Å². The van der Waals surface area contributed by atoms with Gasteiger partial charge in [0.2, 0.25) is 0 Å². The lowest BCUT2D eigenvalue weighted by molar-refractivity contribution is -0.137. The average Bonchev–Trinajstić information content (AvgIpc) is 2.94. The molecule has 29 heavy (non-hydrogen) atoms. The van der Waals surface area contributed by atoms with E-state index in [9.17, 15) is 18.4 Å². The minimum Gasteiger partial charge on any atom is -0.350 e. The molecule has 0 spiro atoms. The molecule has 0 unspecified atom stereocenters. The van der Waals surface area contributed by atoms with E-state index in [0.29, 0.717) is 16.8 Å². The average molecular weight is 391 g/mol. The van der Waals surface area contributed by atoms with E-state index in [1.165, 1.54) is 42.5 Å². The molecule has 1 N–H and O–H groups in total. The highest BCUT2D eigenvalue weighted by atomic mass is 19.1. The zero-order chi connectivity index (χ0) is 20.4. The third kappa shape index (κ3) is 3.75. The second-order valence-corrected chi connectivity index (χ2v) is 6.45. The number of carbonyl (C=O) groups is 2. The molecule has 1 aromatic heterocycles. The molecule has 2 amide bonds. The summed E-state index contributed by atoms with van der Waals surface area (Å²) in [7, 11) is 0. The van der Waals surface area contributed by atoms with E-state index in [4.69, 9.17) is 0 Å². The van der Waals surface area contributed by atoms with Crippen molar-refractivity contribution in [2.75, 3.05) is 5.32 Å². The van der Waals surface area contributed by atoms with Crippen LogP contribution in [0.15, 0.2) is 78.8 Å². The Labute approximate surface area is 165 Å². The molecule has 144 valence electrons. The predicted molar refractivity (Wildman–Crippen MR) is 103 cm³/mol. The van der Waals surface area contributed by atoms with Crippen LogP contribution in [0.25, 0.3) is 5.57 Å². The van der Waals surface area contributed by atoms with Gasteiger partial charge in [0.15, 0.2) is 0 Å². The van der Waals surface area contributed by atoms with Gasteiger partial charge in [-0.3, -0.25) is 19.5 Å². The van der Waals surface area contributed by atoms with Crippen LogP contribution in [0.5, 0.6) is 0 Å². The van der Waals surface area contributed by atoms with Gasteiger partial charge in [0.1, 0.15) is 17.3 Å². The van der Waals surface area contributed by atoms with Crippen LogP contribution < -0.4 is 5.32 Å². The van der Waals surface area contributed by atoms with Crippen molar-refractivity contribution in [2.24, 2.45) is 0 Å². The number of anilines is 1. The molecule has 0 bridgehead atoms. The SMILES string of the molecule is O=C1C(Nc2cccc(F)c2)=C(c2ccc(F)cc2)C(=O)N1Cc1cccnc1. The molecule has 0 fully saturated rings. The maximum Gasteiger partial charge on any atom is 0.278 e.